The second-order valence-electron chi connectivity index (χ2n) is 5.01. The van der Waals surface area contributed by atoms with E-state index >= 15 is 0 Å². The number of nitrogens with one attached hydrogen (secondary N) is 1. The molecule has 7 heteroatoms. The van der Waals surface area contributed by atoms with Crippen LogP contribution in [0.25, 0.3) is 0 Å². The van der Waals surface area contributed by atoms with Gasteiger partial charge in [-0.25, -0.2) is 13.1 Å². The zero-order valence-electron chi connectivity index (χ0n) is 11.8. The maximum absolute atomic E-state index is 12.2. The van der Waals surface area contributed by atoms with Gasteiger partial charge in [-0.1, -0.05) is 0 Å². The average Bonchev–Trinajstić information content (AvgIpc) is 3.22. The third-order valence-corrected chi connectivity index (χ3v) is 4.97. The lowest BCUT2D eigenvalue weighted by molar-refractivity contribution is 0.329. The van der Waals surface area contributed by atoms with Crippen LogP contribution < -0.4 is 15.2 Å². The van der Waals surface area contributed by atoms with Gasteiger partial charge < -0.3 is 15.4 Å². The predicted molar refractivity (Wildman–Crippen MR) is 78.2 cm³/mol. The minimum Gasteiger partial charge on any atom is -0.497 e. The lowest BCUT2D eigenvalue weighted by Crippen LogP contribution is -2.34. The van der Waals surface area contributed by atoms with Crippen molar-refractivity contribution in [1.82, 2.24) is 9.62 Å². The summed E-state index contributed by atoms with van der Waals surface area (Å²) in [4.78, 5) is 2.26. The standard InChI is InChI=1S/C13H21N3O3S/c1-16(10-3-4-10)8-7-15-20(17,18)13-6-5-11(19-2)9-12(13)14/h5-6,9-10,15H,3-4,7-8,14H2,1-2H3. The van der Waals surface area contributed by atoms with Gasteiger partial charge in [0.15, 0.2) is 0 Å². The van der Waals surface area contributed by atoms with Crippen LogP contribution in [0, 0.1) is 0 Å². The molecule has 0 aromatic heterocycles. The molecular weight excluding hydrogens is 278 g/mol. The van der Waals surface area contributed by atoms with E-state index in [4.69, 9.17) is 10.5 Å². The van der Waals surface area contributed by atoms with Crippen molar-refractivity contribution in [3.05, 3.63) is 18.2 Å². The Morgan fingerprint density at radius 1 is 1.45 bits per heavy atom. The number of nitrogens with zero attached hydrogens (tertiary/aromatic N) is 1. The van der Waals surface area contributed by atoms with Crippen molar-refractivity contribution in [1.29, 1.82) is 0 Å². The summed E-state index contributed by atoms with van der Waals surface area (Å²) >= 11 is 0. The van der Waals surface area contributed by atoms with E-state index in [1.165, 1.54) is 32.1 Å². The molecule has 1 aromatic carbocycles. The van der Waals surface area contributed by atoms with Crippen molar-refractivity contribution in [2.75, 3.05) is 33.0 Å². The van der Waals surface area contributed by atoms with E-state index < -0.39 is 10.0 Å². The number of anilines is 1. The number of sulfonamides is 1. The first-order chi connectivity index (χ1) is 9.44. The molecule has 3 N–H and O–H groups in total. The first-order valence-corrected chi connectivity index (χ1v) is 8.06. The van der Waals surface area contributed by atoms with Gasteiger partial charge in [-0.3, -0.25) is 0 Å². The molecule has 6 nitrogen and oxygen atoms in total. The highest BCUT2D eigenvalue weighted by Crippen LogP contribution is 2.25. The van der Waals surface area contributed by atoms with Crippen LogP contribution in [-0.2, 0) is 10.0 Å². The normalized spacial score (nSPS) is 15.6. The van der Waals surface area contributed by atoms with E-state index in [1.807, 2.05) is 7.05 Å². The van der Waals surface area contributed by atoms with E-state index in [0.717, 1.165) is 0 Å². The number of hydrogen-bond donors (Lipinski definition) is 2. The third kappa shape index (κ3) is 3.62. The molecule has 1 aliphatic carbocycles. The van der Waals surface area contributed by atoms with Gasteiger partial charge >= 0.3 is 0 Å². The highest BCUT2D eigenvalue weighted by molar-refractivity contribution is 7.89. The van der Waals surface area contributed by atoms with Crippen molar-refractivity contribution in [3.8, 4) is 5.75 Å². The van der Waals surface area contributed by atoms with Gasteiger partial charge in [-0.15, -0.1) is 0 Å². The van der Waals surface area contributed by atoms with E-state index in [-0.39, 0.29) is 10.6 Å². The van der Waals surface area contributed by atoms with Crippen molar-refractivity contribution in [3.63, 3.8) is 0 Å². The van der Waals surface area contributed by atoms with Crippen LogP contribution in [0.3, 0.4) is 0 Å². The Balaban J connectivity index is 1.98. The Hall–Kier alpha value is -1.31. The number of likely N-dealkylation sites (N-methyl/N-ethyl adjacent to an activating group) is 1. The van der Waals surface area contributed by atoms with Crippen molar-refractivity contribution in [2.24, 2.45) is 0 Å². The lowest BCUT2D eigenvalue weighted by atomic mass is 10.3. The van der Waals surface area contributed by atoms with Gasteiger partial charge in [0, 0.05) is 25.2 Å². The summed E-state index contributed by atoms with van der Waals surface area (Å²) in [5, 5.41) is 0. The van der Waals surface area contributed by atoms with Gasteiger partial charge in [0.1, 0.15) is 10.6 Å². The molecule has 1 aliphatic rings. The minimum absolute atomic E-state index is 0.0902. The summed E-state index contributed by atoms with van der Waals surface area (Å²) in [5.74, 6) is 0.537. The van der Waals surface area contributed by atoms with Crippen molar-refractivity contribution >= 4 is 15.7 Å². The average molecular weight is 299 g/mol. The van der Waals surface area contributed by atoms with Crippen molar-refractivity contribution < 1.29 is 13.2 Å². The number of methoxy groups -OCH3 is 1. The van der Waals surface area contributed by atoms with Crippen LogP contribution in [-0.4, -0.2) is 46.6 Å². The Labute approximate surface area is 120 Å². The Morgan fingerprint density at radius 2 is 2.15 bits per heavy atom. The Kier molecular flexibility index (Phi) is 4.52. The number of benzene rings is 1. The summed E-state index contributed by atoms with van der Waals surface area (Å²) in [6.45, 7) is 1.07. The van der Waals surface area contributed by atoms with E-state index in [9.17, 15) is 8.42 Å². The fourth-order valence-corrected chi connectivity index (χ4v) is 3.16. The van der Waals surface area contributed by atoms with Gasteiger partial charge in [0.25, 0.3) is 0 Å². The molecule has 0 bridgehead atoms. The zero-order valence-corrected chi connectivity index (χ0v) is 12.6. The molecule has 0 radical (unpaired) electrons. The fourth-order valence-electron chi connectivity index (χ4n) is 2.03. The fraction of sp³-hybridized carbons (Fsp3) is 0.538. The molecule has 0 saturated heterocycles. The first-order valence-electron chi connectivity index (χ1n) is 6.57. The van der Waals surface area contributed by atoms with Gasteiger partial charge in [-0.2, -0.15) is 0 Å². The molecule has 112 valence electrons. The number of hydrogen-bond acceptors (Lipinski definition) is 5. The third-order valence-electron chi connectivity index (χ3n) is 3.43. The molecular formula is C13H21N3O3S. The quantitative estimate of drug-likeness (QED) is 0.722. The number of nitrogens with two attached hydrogens (primary N) is 1. The van der Waals surface area contributed by atoms with Gasteiger partial charge in [0.05, 0.1) is 12.8 Å². The van der Waals surface area contributed by atoms with Crippen molar-refractivity contribution in [2.45, 2.75) is 23.8 Å². The van der Waals surface area contributed by atoms with E-state index in [1.54, 1.807) is 6.07 Å². The van der Waals surface area contributed by atoms with Crippen LogP contribution in [0.15, 0.2) is 23.1 Å². The van der Waals surface area contributed by atoms with E-state index in [2.05, 4.69) is 9.62 Å². The number of nitrogen functional groups attached to an aromatic ring is 1. The highest BCUT2D eigenvalue weighted by atomic mass is 32.2. The molecule has 0 spiro atoms. The summed E-state index contributed by atoms with van der Waals surface area (Å²) in [7, 11) is -0.0576. The van der Waals surface area contributed by atoms with Crippen LogP contribution in [0.4, 0.5) is 5.69 Å². The second kappa shape index (κ2) is 5.99. The summed E-state index contributed by atoms with van der Waals surface area (Å²) in [6.07, 6.45) is 2.41. The topological polar surface area (TPSA) is 84.7 Å². The predicted octanol–water partition coefficient (Wildman–Crippen LogP) is 0.650. The number of ether oxygens (including phenoxy) is 1. The Morgan fingerprint density at radius 3 is 2.70 bits per heavy atom. The SMILES string of the molecule is COc1ccc(S(=O)(=O)NCCN(C)C2CC2)c(N)c1. The molecule has 0 unspecified atom stereocenters. The van der Waals surface area contributed by atoms with E-state index in [0.29, 0.717) is 24.9 Å². The molecule has 1 saturated carbocycles. The molecule has 20 heavy (non-hydrogen) atoms. The minimum atomic E-state index is -3.57. The second-order valence-corrected chi connectivity index (χ2v) is 6.75. The monoisotopic (exact) mass is 299 g/mol. The van der Waals surface area contributed by atoms with Crippen LogP contribution in [0.2, 0.25) is 0 Å². The molecule has 0 amide bonds. The molecule has 1 aromatic rings. The molecule has 0 atom stereocenters. The smallest absolute Gasteiger partial charge is 0.242 e. The summed E-state index contributed by atoms with van der Waals surface area (Å²) in [5.41, 5.74) is 5.95. The molecule has 1 fully saturated rings. The molecule has 0 heterocycles. The first kappa shape index (κ1) is 15.1. The Bertz CT molecular complexity index is 570. The van der Waals surface area contributed by atoms with Crippen LogP contribution in [0.1, 0.15) is 12.8 Å². The highest BCUT2D eigenvalue weighted by Gasteiger charge is 2.26. The number of rotatable bonds is 7. The maximum Gasteiger partial charge on any atom is 0.242 e. The summed E-state index contributed by atoms with van der Waals surface area (Å²) < 4.78 is 31.9. The molecule has 0 aliphatic heterocycles. The largest absolute Gasteiger partial charge is 0.497 e. The van der Waals surface area contributed by atoms with Gasteiger partial charge in [0.2, 0.25) is 10.0 Å². The maximum atomic E-state index is 12.2. The van der Waals surface area contributed by atoms with Crippen LogP contribution >= 0.6 is 0 Å². The van der Waals surface area contributed by atoms with Crippen LogP contribution in [0.5, 0.6) is 5.75 Å². The molecule has 2 rings (SSSR count). The zero-order chi connectivity index (χ0) is 14.8. The summed E-state index contributed by atoms with van der Waals surface area (Å²) in [6, 6.07) is 5.17. The van der Waals surface area contributed by atoms with Gasteiger partial charge in [-0.05, 0) is 32.0 Å². The lowest BCUT2D eigenvalue weighted by Gasteiger charge is -2.16.